The number of carboxylic acid groups (broad SMARTS) is 1. The Kier molecular flexibility index (Phi) is 22.7. The third-order valence-corrected chi connectivity index (χ3v) is 7.53. The van der Waals surface area contributed by atoms with Crippen molar-refractivity contribution < 1.29 is 29.3 Å². The standard InChI is InChI=1S/C24H44N2O6S2/c1-2-3-4-5-6-7-8-9-10-11-12-13-14-15-16-17-22(27)31-32-24(30)21(26)19-34-33-18-20(25)23(28)29/h9-10,20-21H,2-8,11-19,25-26H2,1H3,(H,28,29)/b10-9-. The van der Waals surface area contributed by atoms with Crippen molar-refractivity contribution in [3.05, 3.63) is 12.2 Å². The Labute approximate surface area is 212 Å². The van der Waals surface area contributed by atoms with Crippen LogP contribution in [0.15, 0.2) is 12.2 Å². The highest BCUT2D eigenvalue weighted by Gasteiger charge is 2.19. The number of carbonyl (C=O) groups is 3. The number of hydrogen-bond acceptors (Lipinski definition) is 9. The van der Waals surface area contributed by atoms with Crippen LogP contribution in [0.2, 0.25) is 0 Å². The molecular weight excluding hydrogens is 476 g/mol. The monoisotopic (exact) mass is 520 g/mol. The van der Waals surface area contributed by atoms with E-state index in [1.165, 1.54) is 66.5 Å². The second-order valence-corrected chi connectivity index (χ2v) is 10.9. The summed E-state index contributed by atoms with van der Waals surface area (Å²) >= 11 is 0. The molecule has 0 rings (SSSR count). The highest BCUT2D eigenvalue weighted by molar-refractivity contribution is 8.76. The maximum absolute atomic E-state index is 11.7. The largest absolute Gasteiger partial charge is 0.480 e. The maximum Gasteiger partial charge on any atom is 0.372 e. The fourth-order valence-corrected chi connectivity index (χ4v) is 5.13. The summed E-state index contributed by atoms with van der Waals surface area (Å²) in [5.74, 6) is -2.15. The predicted molar refractivity (Wildman–Crippen MR) is 140 cm³/mol. The van der Waals surface area contributed by atoms with Gasteiger partial charge in [0.1, 0.15) is 12.1 Å². The highest BCUT2D eigenvalue weighted by atomic mass is 33.1. The molecule has 0 aromatic carbocycles. The summed E-state index contributed by atoms with van der Waals surface area (Å²) in [5.41, 5.74) is 11.0. The van der Waals surface area contributed by atoms with Gasteiger partial charge in [0.25, 0.3) is 0 Å². The van der Waals surface area contributed by atoms with Gasteiger partial charge < -0.3 is 16.6 Å². The van der Waals surface area contributed by atoms with Crippen molar-refractivity contribution in [2.75, 3.05) is 11.5 Å². The lowest BCUT2D eigenvalue weighted by Crippen LogP contribution is -2.35. The zero-order valence-electron chi connectivity index (χ0n) is 20.6. The molecule has 2 atom stereocenters. The summed E-state index contributed by atoms with van der Waals surface area (Å²) in [4.78, 5) is 43.0. The molecule has 0 aliphatic heterocycles. The zero-order valence-corrected chi connectivity index (χ0v) is 22.2. The summed E-state index contributed by atoms with van der Waals surface area (Å²) in [6.45, 7) is 2.24. The van der Waals surface area contributed by atoms with E-state index in [4.69, 9.17) is 16.6 Å². The van der Waals surface area contributed by atoms with Crippen LogP contribution in [0.5, 0.6) is 0 Å². The van der Waals surface area contributed by atoms with Crippen LogP contribution in [0, 0.1) is 0 Å². The first-order chi connectivity index (χ1) is 16.4. The third kappa shape index (κ3) is 21.3. The van der Waals surface area contributed by atoms with Crippen LogP contribution in [0.4, 0.5) is 0 Å². The van der Waals surface area contributed by atoms with Crippen molar-refractivity contribution in [1.29, 1.82) is 0 Å². The lowest BCUT2D eigenvalue weighted by molar-refractivity contribution is -0.259. The number of carboxylic acids is 1. The molecule has 10 heteroatoms. The van der Waals surface area contributed by atoms with E-state index in [0.29, 0.717) is 6.42 Å². The molecule has 0 fully saturated rings. The number of unbranched alkanes of at least 4 members (excludes halogenated alkanes) is 11. The van der Waals surface area contributed by atoms with Gasteiger partial charge in [-0.3, -0.25) is 4.79 Å². The van der Waals surface area contributed by atoms with Gasteiger partial charge in [0.15, 0.2) is 0 Å². The second kappa shape index (κ2) is 23.5. The van der Waals surface area contributed by atoms with Crippen LogP contribution in [-0.4, -0.2) is 46.6 Å². The number of nitrogens with two attached hydrogens (primary N) is 2. The van der Waals surface area contributed by atoms with Gasteiger partial charge in [-0.1, -0.05) is 92.0 Å². The summed E-state index contributed by atoms with van der Waals surface area (Å²) < 4.78 is 0. The lowest BCUT2D eigenvalue weighted by Gasteiger charge is -2.10. The molecular formula is C24H44N2O6S2. The smallest absolute Gasteiger partial charge is 0.372 e. The first-order valence-electron chi connectivity index (χ1n) is 12.4. The lowest BCUT2D eigenvalue weighted by atomic mass is 10.1. The Morgan fingerprint density at radius 2 is 1.26 bits per heavy atom. The van der Waals surface area contributed by atoms with Gasteiger partial charge in [-0.2, -0.15) is 0 Å². The molecule has 0 saturated carbocycles. The molecule has 34 heavy (non-hydrogen) atoms. The van der Waals surface area contributed by atoms with E-state index in [0.717, 1.165) is 32.1 Å². The number of aliphatic carboxylic acids is 1. The molecule has 0 radical (unpaired) electrons. The van der Waals surface area contributed by atoms with E-state index in [9.17, 15) is 14.4 Å². The molecule has 198 valence electrons. The Morgan fingerprint density at radius 3 is 1.82 bits per heavy atom. The molecule has 0 amide bonds. The average Bonchev–Trinajstić information content (AvgIpc) is 2.82. The third-order valence-electron chi connectivity index (χ3n) is 5.06. The Bertz CT molecular complexity index is 578. The zero-order chi connectivity index (χ0) is 25.4. The fraction of sp³-hybridized carbons (Fsp3) is 0.792. The van der Waals surface area contributed by atoms with E-state index >= 15 is 0 Å². The molecule has 0 aromatic heterocycles. The van der Waals surface area contributed by atoms with Crippen molar-refractivity contribution in [2.24, 2.45) is 11.5 Å². The summed E-state index contributed by atoms with van der Waals surface area (Å²) in [5, 5.41) is 8.69. The molecule has 0 spiro atoms. The number of carbonyl (C=O) groups excluding carboxylic acids is 2. The molecule has 0 aromatic rings. The number of allylic oxidation sites excluding steroid dienone is 2. The van der Waals surface area contributed by atoms with Gasteiger partial charge in [-0.15, -0.1) is 0 Å². The van der Waals surface area contributed by atoms with Crippen LogP contribution in [0.25, 0.3) is 0 Å². The minimum Gasteiger partial charge on any atom is -0.480 e. The molecule has 0 heterocycles. The second-order valence-electron chi connectivity index (χ2n) is 8.31. The van der Waals surface area contributed by atoms with Gasteiger partial charge in [-0.25, -0.2) is 19.4 Å². The van der Waals surface area contributed by atoms with Crippen LogP contribution < -0.4 is 11.5 Å². The van der Waals surface area contributed by atoms with E-state index in [-0.39, 0.29) is 17.9 Å². The van der Waals surface area contributed by atoms with E-state index in [1.54, 1.807) is 0 Å². The van der Waals surface area contributed by atoms with Gasteiger partial charge in [0, 0.05) is 11.5 Å². The van der Waals surface area contributed by atoms with Crippen molar-refractivity contribution in [3.63, 3.8) is 0 Å². The minimum atomic E-state index is -1.09. The van der Waals surface area contributed by atoms with Crippen LogP contribution >= 0.6 is 21.6 Å². The van der Waals surface area contributed by atoms with E-state index in [2.05, 4.69) is 28.9 Å². The predicted octanol–water partition coefficient (Wildman–Crippen LogP) is 5.15. The Hall–Kier alpha value is -1.23. The Balaban J connectivity index is 3.53. The van der Waals surface area contributed by atoms with Crippen LogP contribution in [0.1, 0.15) is 96.8 Å². The first-order valence-corrected chi connectivity index (χ1v) is 14.9. The van der Waals surface area contributed by atoms with Gasteiger partial charge in [0.05, 0.1) is 6.42 Å². The van der Waals surface area contributed by atoms with Crippen molar-refractivity contribution >= 4 is 39.5 Å². The average molecular weight is 521 g/mol. The van der Waals surface area contributed by atoms with Crippen molar-refractivity contribution in [2.45, 2.75) is 109 Å². The normalized spacial score (nSPS) is 13.0. The molecule has 8 nitrogen and oxygen atoms in total. The minimum absolute atomic E-state index is 0.182. The van der Waals surface area contributed by atoms with Gasteiger partial charge in [-0.05, 0) is 32.1 Å². The van der Waals surface area contributed by atoms with E-state index in [1.807, 2.05) is 0 Å². The van der Waals surface area contributed by atoms with E-state index < -0.39 is 30.0 Å². The van der Waals surface area contributed by atoms with Crippen molar-refractivity contribution in [3.8, 4) is 0 Å². The summed E-state index contributed by atoms with van der Waals surface area (Å²) in [7, 11) is 2.40. The molecule has 0 aliphatic carbocycles. The quantitative estimate of drug-likeness (QED) is 0.0577. The van der Waals surface area contributed by atoms with Crippen molar-refractivity contribution in [1.82, 2.24) is 0 Å². The number of hydrogen-bond donors (Lipinski definition) is 3. The molecule has 2 unspecified atom stereocenters. The molecule has 5 N–H and O–H groups in total. The van der Waals surface area contributed by atoms with Crippen LogP contribution in [-0.2, 0) is 24.2 Å². The maximum atomic E-state index is 11.7. The summed E-state index contributed by atoms with van der Waals surface area (Å²) in [6, 6.07) is -1.95. The highest BCUT2D eigenvalue weighted by Crippen LogP contribution is 2.22. The topological polar surface area (TPSA) is 142 Å². The van der Waals surface area contributed by atoms with Crippen LogP contribution in [0.3, 0.4) is 0 Å². The molecule has 0 saturated heterocycles. The molecule has 0 bridgehead atoms. The SMILES string of the molecule is CCCCCCCC/C=C\CCCCCCCC(=O)OOC(=O)C(N)CSSCC(N)C(=O)O. The summed E-state index contributed by atoms with van der Waals surface area (Å²) in [6.07, 6.45) is 20.0. The van der Waals surface area contributed by atoms with Gasteiger partial charge in [0.2, 0.25) is 0 Å². The number of rotatable bonds is 22. The Morgan fingerprint density at radius 1 is 0.765 bits per heavy atom. The fourth-order valence-electron chi connectivity index (χ4n) is 2.91. The van der Waals surface area contributed by atoms with Gasteiger partial charge >= 0.3 is 17.9 Å². The molecule has 0 aliphatic rings. The first kappa shape index (κ1) is 32.8.